The number of ether oxygens (including phenoxy) is 1. The predicted molar refractivity (Wildman–Crippen MR) is 92.9 cm³/mol. The molecular weight excluding hydrogens is 324 g/mol. The quantitative estimate of drug-likeness (QED) is 0.693. The van der Waals surface area contributed by atoms with Gasteiger partial charge in [-0.05, 0) is 29.8 Å². The maximum Gasteiger partial charge on any atom is 0.387 e. The Balaban J connectivity index is 1.85. The van der Waals surface area contributed by atoms with E-state index in [0.717, 1.165) is 11.1 Å². The smallest absolute Gasteiger partial charge is 0.387 e. The maximum atomic E-state index is 12.5. The molecule has 0 atom stereocenters. The Morgan fingerprint density at radius 3 is 2.36 bits per heavy atom. The normalized spacial score (nSPS) is 10.5. The summed E-state index contributed by atoms with van der Waals surface area (Å²) in [5.41, 5.74) is 2.71. The van der Waals surface area contributed by atoms with E-state index >= 15 is 0 Å². The number of hydrogen-bond acceptors (Lipinski definition) is 2. The first-order valence-electron chi connectivity index (χ1n) is 7.64. The van der Waals surface area contributed by atoms with Crippen molar-refractivity contribution in [3.8, 4) is 16.9 Å². The third-order valence-corrected chi connectivity index (χ3v) is 3.58. The molecule has 0 saturated carbocycles. The van der Waals surface area contributed by atoms with Crippen molar-refractivity contribution in [1.82, 2.24) is 0 Å². The summed E-state index contributed by atoms with van der Waals surface area (Å²) in [6, 6.07) is 22.7. The van der Waals surface area contributed by atoms with Crippen molar-refractivity contribution in [2.24, 2.45) is 0 Å². The number of para-hydroxylation sites is 1. The summed E-state index contributed by atoms with van der Waals surface area (Å²) in [7, 11) is 0. The van der Waals surface area contributed by atoms with Gasteiger partial charge in [-0.15, -0.1) is 0 Å². The second-order valence-electron chi connectivity index (χ2n) is 5.27. The van der Waals surface area contributed by atoms with Gasteiger partial charge in [0.1, 0.15) is 5.75 Å². The van der Waals surface area contributed by atoms with Crippen LogP contribution in [-0.2, 0) is 0 Å². The fraction of sp³-hybridized carbons (Fsp3) is 0.0500. The van der Waals surface area contributed by atoms with Gasteiger partial charge >= 0.3 is 6.61 Å². The van der Waals surface area contributed by atoms with E-state index in [9.17, 15) is 13.6 Å². The van der Waals surface area contributed by atoms with Crippen molar-refractivity contribution in [3.63, 3.8) is 0 Å². The molecule has 0 aliphatic rings. The van der Waals surface area contributed by atoms with Gasteiger partial charge in [-0.25, -0.2) is 0 Å². The van der Waals surface area contributed by atoms with Crippen LogP contribution in [0.4, 0.5) is 14.5 Å². The largest absolute Gasteiger partial charge is 0.435 e. The summed E-state index contributed by atoms with van der Waals surface area (Å²) in [5.74, 6) is -0.456. The van der Waals surface area contributed by atoms with Crippen molar-refractivity contribution in [2.75, 3.05) is 5.32 Å². The van der Waals surface area contributed by atoms with Gasteiger partial charge in [-0.1, -0.05) is 54.6 Å². The van der Waals surface area contributed by atoms with Crippen molar-refractivity contribution in [2.45, 2.75) is 6.61 Å². The fourth-order valence-electron chi connectivity index (χ4n) is 2.47. The molecule has 3 nitrogen and oxygen atoms in total. The summed E-state index contributed by atoms with van der Waals surface area (Å²) in [4.78, 5) is 12.5. The Labute approximate surface area is 143 Å². The van der Waals surface area contributed by atoms with Crippen LogP contribution >= 0.6 is 0 Å². The highest BCUT2D eigenvalue weighted by Gasteiger charge is 2.12. The van der Waals surface area contributed by atoms with E-state index in [2.05, 4.69) is 10.1 Å². The number of carbonyl (C=O) groups is 1. The van der Waals surface area contributed by atoms with Crippen molar-refractivity contribution in [1.29, 1.82) is 0 Å². The van der Waals surface area contributed by atoms with E-state index < -0.39 is 12.5 Å². The lowest BCUT2D eigenvalue weighted by atomic mass is 10.0. The third kappa shape index (κ3) is 4.20. The summed E-state index contributed by atoms with van der Waals surface area (Å²) < 4.78 is 29.0. The molecule has 0 bridgehead atoms. The summed E-state index contributed by atoms with van der Waals surface area (Å²) in [5, 5.41) is 2.82. The van der Waals surface area contributed by atoms with Crippen LogP contribution < -0.4 is 10.1 Å². The van der Waals surface area contributed by atoms with Crippen LogP contribution in [0.25, 0.3) is 11.1 Å². The fourth-order valence-corrected chi connectivity index (χ4v) is 2.47. The highest BCUT2D eigenvalue weighted by molar-refractivity contribution is 6.06. The summed E-state index contributed by atoms with van der Waals surface area (Å²) in [6.07, 6.45) is 0. The lowest BCUT2D eigenvalue weighted by Gasteiger charge is -2.12. The van der Waals surface area contributed by atoms with Crippen LogP contribution in [0, 0.1) is 0 Å². The van der Waals surface area contributed by atoms with Gasteiger partial charge in [-0.3, -0.25) is 4.79 Å². The monoisotopic (exact) mass is 339 g/mol. The molecule has 0 aromatic heterocycles. The van der Waals surface area contributed by atoms with E-state index in [1.807, 2.05) is 48.5 Å². The summed E-state index contributed by atoms with van der Waals surface area (Å²) >= 11 is 0. The summed E-state index contributed by atoms with van der Waals surface area (Å²) in [6.45, 7) is -2.93. The van der Waals surface area contributed by atoms with Gasteiger partial charge in [0.05, 0.1) is 0 Å². The molecule has 0 heterocycles. The van der Waals surface area contributed by atoms with E-state index in [0.29, 0.717) is 5.69 Å². The lowest BCUT2D eigenvalue weighted by Crippen LogP contribution is -2.13. The Bertz CT molecular complexity index is 866. The third-order valence-electron chi connectivity index (χ3n) is 3.58. The number of anilines is 1. The zero-order valence-corrected chi connectivity index (χ0v) is 13.2. The minimum atomic E-state index is -2.93. The van der Waals surface area contributed by atoms with E-state index in [4.69, 9.17) is 0 Å². The molecule has 25 heavy (non-hydrogen) atoms. The minimum absolute atomic E-state index is 0.0565. The molecule has 5 heteroatoms. The van der Waals surface area contributed by atoms with Crippen LogP contribution in [-0.4, -0.2) is 12.5 Å². The van der Waals surface area contributed by atoms with Gasteiger partial charge in [0.2, 0.25) is 0 Å². The molecule has 3 aromatic carbocycles. The first kappa shape index (κ1) is 16.6. The lowest BCUT2D eigenvalue weighted by molar-refractivity contribution is -0.0498. The molecule has 1 N–H and O–H groups in total. The molecule has 0 saturated heterocycles. The Morgan fingerprint density at radius 2 is 1.60 bits per heavy atom. The number of carbonyl (C=O) groups excluding carboxylic acids is 1. The molecule has 0 spiro atoms. The van der Waals surface area contributed by atoms with Gasteiger partial charge in [0, 0.05) is 16.8 Å². The van der Waals surface area contributed by atoms with Crippen molar-refractivity contribution < 1.29 is 18.3 Å². The van der Waals surface area contributed by atoms with Crippen molar-refractivity contribution >= 4 is 11.6 Å². The second kappa shape index (κ2) is 7.57. The molecular formula is C20H15F2NO2. The highest BCUT2D eigenvalue weighted by atomic mass is 19.3. The van der Waals surface area contributed by atoms with Crippen LogP contribution in [0.2, 0.25) is 0 Å². The molecule has 3 rings (SSSR count). The zero-order chi connectivity index (χ0) is 17.6. The molecule has 126 valence electrons. The van der Waals surface area contributed by atoms with Gasteiger partial charge in [-0.2, -0.15) is 8.78 Å². The van der Waals surface area contributed by atoms with E-state index in [-0.39, 0.29) is 11.3 Å². The number of benzene rings is 3. The van der Waals surface area contributed by atoms with Gasteiger partial charge < -0.3 is 10.1 Å². The van der Waals surface area contributed by atoms with E-state index in [1.165, 1.54) is 18.2 Å². The number of amides is 1. The molecule has 0 aliphatic carbocycles. The van der Waals surface area contributed by atoms with Crippen LogP contribution in [0.15, 0.2) is 78.9 Å². The first-order valence-corrected chi connectivity index (χ1v) is 7.64. The van der Waals surface area contributed by atoms with Crippen molar-refractivity contribution in [3.05, 3.63) is 84.4 Å². The predicted octanol–water partition coefficient (Wildman–Crippen LogP) is 5.21. The minimum Gasteiger partial charge on any atom is -0.435 e. The number of halogens is 2. The second-order valence-corrected chi connectivity index (χ2v) is 5.27. The first-order chi connectivity index (χ1) is 12.1. The Kier molecular flexibility index (Phi) is 5.04. The SMILES string of the molecule is O=C(Nc1ccccc1-c1ccccc1)c1cccc(OC(F)F)c1. The number of hydrogen-bond donors (Lipinski definition) is 1. The Morgan fingerprint density at radius 1 is 0.880 bits per heavy atom. The zero-order valence-electron chi connectivity index (χ0n) is 13.2. The highest BCUT2D eigenvalue weighted by Crippen LogP contribution is 2.28. The number of rotatable bonds is 5. The average Bonchev–Trinajstić information content (AvgIpc) is 2.62. The number of nitrogens with one attached hydrogen (secondary N) is 1. The maximum absolute atomic E-state index is 12.5. The molecule has 0 radical (unpaired) electrons. The van der Waals surface area contributed by atoms with Crippen LogP contribution in [0.5, 0.6) is 5.75 Å². The standard InChI is InChI=1S/C20H15F2NO2/c21-20(22)25-16-10-6-9-15(13-16)19(24)23-18-12-5-4-11-17(18)14-7-2-1-3-8-14/h1-13,20H,(H,23,24). The molecule has 3 aromatic rings. The Hall–Kier alpha value is -3.21. The van der Waals surface area contributed by atoms with Gasteiger partial charge in [0.25, 0.3) is 5.91 Å². The average molecular weight is 339 g/mol. The van der Waals surface area contributed by atoms with E-state index in [1.54, 1.807) is 12.1 Å². The van der Waals surface area contributed by atoms with Gasteiger partial charge in [0.15, 0.2) is 0 Å². The van der Waals surface area contributed by atoms with Crippen LogP contribution in [0.3, 0.4) is 0 Å². The molecule has 0 fully saturated rings. The molecule has 1 amide bonds. The topological polar surface area (TPSA) is 38.3 Å². The number of alkyl halides is 2. The van der Waals surface area contributed by atoms with Crippen LogP contribution in [0.1, 0.15) is 10.4 Å². The molecule has 0 aliphatic heterocycles. The molecule has 0 unspecified atom stereocenters.